The number of carbonyl (C=O) groups excluding carboxylic acids is 1. The highest BCUT2D eigenvalue weighted by atomic mass is 16.6. The molecule has 0 saturated heterocycles. The van der Waals surface area contributed by atoms with Crippen molar-refractivity contribution in [3.05, 3.63) is 81.7 Å². The SMILES string of the molecule is CC(C)(C)OC(=O)C(C)(C)OC1=CC=CCC=C1OC1=CCC=C([N+](=O)[O-])C=C1. The molecule has 2 aliphatic rings. The molecule has 0 heterocycles. The van der Waals surface area contributed by atoms with E-state index in [1.54, 1.807) is 46.8 Å². The minimum absolute atomic E-state index is 0.00874. The number of ether oxygens (including phenoxy) is 3. The monoisotopic (exact) mass is 401 g/mol. The zero-order chi connectivity index (χ0) is 21.7. The van der Waals surface area contributed by atoms with Gasteiger partial charge in [-0.15, -0.1) is 0 Å². The number of rotatable bonds is 6. The van der Waals surface area contributed by atoms with Gasteiger partial charge in [0.25, 0.3) is 5.70 Å². The fourth-order valence-corrected chi connectivity index (χ4v) is 2.42. The van der Waals surface area contributed by atoms with Crippen LogP contribution in [-0.4, -0.2) is 22.1 Å². The first kappa shape index (κ1) is 22.2. The van der Waals surface area contributed by atoms with E-state index in [-0.39, 0.29) is 5.70 Å². The van der Waals surface area contributed by atoms with Crippen LogP contribution in [0.25, 0.3) is 0 Å². The number of hydrogen-bond donors (Lipinski definition) is 0. The number of esters is 1. The van der Waals surface area contributed by atoms with E-state index < -0.39 is 22.1 Å². The third-order valence-corrected chi connectivity index (χ3v) is 3.82. The zero-order valence-corrected chi connectivity index (χ0v) is 17.4. The minimum atomic E-state index is -1.24. The van der Waals surface area contributed by atoms with Crippen molar-refractivity contribution in [2.45, 2.75) is 58.7 Å². The molecule has 29 heavy (non-hydrogen) atoms. The second kappa shape index (κ2) is 8.94. The summed E-state index contributed by atoms with van der Waals surface area (Å²) in [5.74, 6) is 0.755. The van der Waals surface area contributed by atoms with Crippen molar-refractivity contribution in [1.29, 1.82) is 0 Å². The van der Waals surface area contributed by atoms with Crippen molar-refractivity contribution in [3.63, 3.8) is 0 Å². The predicted molar refractivity (Wildman–Crippen MR) is 109 cm³/mol. The van der Waals surface area contributed by atoms with Gasteiger partial charge in [0, 0.05) is 6.08 Å². The minimum Gasteiger partial charge on any atom is -0.472 e. The van der Waals surface area contributed by atoms with E-state index in [0.717, 1.165) is 0 Å². The highest BCUT2D eigenvalue weighted by Gasteiger charge is 2.36. The summed E-state index contributed by atoms with van der Waals surface area (Å²) >= 11 is 0. The average Bonchev–Trinajstić information content (AvgIpc) is 2.95. The molecule has 0 unspecified atom stereocenters. The topological polar surface area (TPSA) is 87.9 Å². The van der Waals surface area contributed by atoms with Gasteiger partial charge >= 0.3 is 5.97 Å². The molecule has 156 valence electrons. The van der Waals surface area contributed by atoms with Crippen molar-refractivity contribution in [2.24, 2.45) is 0 Å². The van der Waals surface area contributed by atoms with E-state index in [2.05, 4.69) is 0 Å². The number of allylic oxidation sites excluding steroid dienone is 8. The quantitative estimate of drug-likeness (QED) is 0.358. The smallest absolute Gasteiger partial charge is 0.350 e. The Morgan fingerprint density at radius 3 is 2.41 bits per heavy atom. The molecule has 2 aliphatic carbocycles. The van der Waals surface area contributed by atoms with Crippen LogP contribution in [0, 0.1) is 10.1 Å². The number of carbonyl (C=O) groups is 1. The summed E-state index contributed by atoms with van der Waals surface area (Å²) in [5, 5.41) is 11.0. The Hall–Kier alpha value is -3.09. The molecule has 0 aliphatic heterocycles. The maximum Gasteiger partial charge on any atom is 0.350 e. The summed E-state index contributed by atoms with van der Waals surface area (Å²) in [6, 6.07) is 0. The van der Waals surface area contributed by atoms with Crippen LogP contribution in [0.5, 0.6) is 0 Å². The van der Waals surface area contributed by atoms with E-state index >= 15 is 0 Å². The second-order valence-corrected chi connectivity index (χ2v) is 8.04. The molecule has 0 saturated carbocycles. The van der Waals surface area contributed by atoms with Gasteiger partial charge in [-0.3, -0.25) is 10.1 Å². The Morgan fingerprint density at radius 1 is 1.03 bits per heavy atom. The molecule has 7 heteroatoms. The first-order valence-electron chi connectivity index (χ1n) is 9.38. The fraction of sp³-hybridized carbons (Fsp3) is 0.409. The summed E-state index contributed by atoms with van der Waals surface area (Å²) in [4.78, 5) is 23.0. The van der Waals surface area contributed by atoms with E-state index in [4.69, 9.17) is 14.2 Å². The van der Waals surface area contributed by atoms with E-state index in [1.165, 1.54) is 18.2 Å². The largest absolute Gasteiger partial charge is 0.472 e. The van der Waals surface area contributed by atoms with Crippen LogP contribution in [0.2, 0.25) is 0 Å². The zero-order valence-electron chi connectivity index (χ0n) is 17.4. The molecule has 0 amide bonds. The molecule has 0 N–H and O–H groups in total. The molecule has 0 spiro atoms. The van der Waals surface area contributed by atoms with Gasteiger partial charge in [-0.05, 0) is 77.8 Å². The van der Waals surface area contributed by atoms with Crippen molar-refractivity contribution in [3.8, 4) is 0 Å². The average molecular weight is 401 g/mol. The van der Waals surface area contributed by atoms with Crippen LogP contribution in [0.4, 0.5) is 0 Å². The Kier molecular flexibility index (Phi) is 6.84. The molecule has 2 rings (SSSR count). The van der Waals surface area contributed by atoms with Crippen LogP contribution in [0.1, 0.15) is 47.5 Å². The van der Waals surface area contributed by atoms with Crippen LogP contribution in [0.15, 0.2) is 71.6 Å². The summed E-state index contributed by atoms with van der Waals surface area (Å²) in [6.07, 6.45) is 14.4. The van der Waals surface area contributed by atoms with Gasteiger partial charge < -0.3 is 14.2 Å². The van der Waals surface area contributed by atoms with E-state index in [1.807, 2.05) is 18.2 Å². The highest BCUT2D eigenvalue weighted by molar-refractivity contribution is 5.79. The van der Waals surface area contributed by atoms with Gasteiger partial charge in [0.05, 0.1) is 4.92 Å². The molecule has 0 aromatic carbocycles. The van der Waals surface area contributed by atoms with E-state index in [0.29, 0.717) is 30.1 Å². The van der Waals surface area contributed by atoms with E-state index in [9.17, 15) is 14.9 Å². The molecule has 0 atom stereocenters. The highest BCUT2D eigenvalue weighted by Crippen LogP contribution is 2.28. The molecule has 7 nitrogen and oxygen atoms in total. The van der Waals surface area contributed by atoms with Crippen LogP contribution >= 0.6 is 0 Å². The van der Waals surface area contributed by atoms with Gasteiger partial charge in [-0.25, -0.2) is 4.79 Å². The van der Waals surface area contributed by atoms with Crippen LogP contribution in [-0.2, 0) is 19.0 Å². The summed E-state index contributed by atoms with van der Waals surface area (Å²) < 4.78 is 17.4. The van der Waals surface area contributed by atoms with Crippen molar-refractivity contribution in [1.82, 2.24) is 0 Å². The number of hydrogen-bond acceptors (Lipinski definition) is 6. The molecular weight excluding hydrogens is 374 g/mol. The fourth-order valence-electron chi connectivity index (χ4n) is 2.42. The van der Waals surface area contributed by atoms with Gasteiger partial charge in [0.1, 0.15) is 11.4 Å². The van der Waals surface area contributed by atoms with Gasteiger partial charge in [-0.1, -0.05) is 12.2 Å². The molecular formula is C22H27NO6. The number of nitrogens with zero attached hydrogens (tertiary/aromatic N) is 1. The Morgan fingerprint density at radius 2 is 1.76 bits per heavy atom. The summed E-state index contributed by atoms with van der Waals surface area (Å²) in [5.41, 5.74) is -1.87. The van der Waals surface area contributed by atoms with Crippen LogP contribution in [0.3, 0.4) is 0 Å². The molecule has 0 bridgehead atoms. The molecule has 0 aromatic rings. The third-order valence-electron chi connectivity index (χ3n) is 3.82. The Bertz CT molecular complexity index is 847. The lowest BCUT2D eigenvalue weighted by atomic mass is 10.1. The van der Waals surface area contributed by atoms with Gasteiger partial charge in [-0.2, -0.15) is 0 Å². The lowest BCUT2D eigenvalue weighted by Gasteiger charge is -2.30. The first-order chi connectivity index (χ1) is 13.5. The first-order valence-corrected chi connectivity index (χ1v) is 9.38. The standard InChI is InChI=1S/C22H27NO6/c1-21(2,3)29-20(24)22(4,5)28-19-13-8-6-7-12-18(19)27-17-11-9-10-16(14-15-17)23(25)26/h6,8,10-15H,7,9H2,1-5H3. The maximum absolute atomic E-state index is 12.5. The molecule has 0 aromatic heterocycles. The Balaban J connectivity index is 2.17. The lowest BCUT2D eigenvalue weighted by Crippen LogP contribution is -2.41. The van der Waals surface area contributed by atoms with Gasteiger partial charge in [0.15, 0.2) is 17.1 Å². The predicted octanol–water partition coefficient (Wildman–Crippen LogP) is 4.87. The third kappa shape index (κ3) is 6.78. The Labute approximate surface area is 170 Å². The van der Waals surface area contributed by atoms with Gasteiger partial charge in [0.2, 0.25) is 0 Å². The normalized spacial score (nSPS) is 17.1. The van der Waals surface area contributed by atoms with Crippen molar-refractivity contribution < 1.29 is 23.9 Å². The maximum atomic E-state index is 12.5. The lowest BCUT2D eigenvalue weighted by molar-refractivity contribution is -0.419. The van der Waals surface area contributed by atoms with Crippen molar-refractivity contribution in [2.75, 3.05) is 0 Å². The number of nitro groups is 1. The summed E-state index contributed by atoms with van der Waals surface area (Å²) in [6.45, 7) is 8.64. The molecule has 0 fully saturated rings. The molecule has 0 radical (unpaired) electrons. The second-order valence-electron chi connectivity index (χ2n) is 8.04. The summed E-state index contributed by atoms with van der Waals surface area (Å²) in [7, 11) is 0. The van der Waals surface area contributed by atoms with Crippen molar-refractivity contribution >= 4 is 5.97 Å². The van der Waals surface area contributed by atoms with Crippen LogP contribution < -0.4 is 0 Å².